The molecule has 0 aliphatic carbocycles. The number of likely N-dealkylation sites (N-methyl/N-ethyl adjacent to an activating group) is 2. The summed E-state index contributed by atoms with van der Waals surface area (Å²) in [7, 11) is 5.38. The van der Waals surface area contributed by atoms with Gasteiger partial charge in [0.05, 0.1) is 12.1 Å². The van der Waals surface area contributed by atoms with Gasteiger partial charge in [0.15, 0.2) is 0 Å². The van der Waals surface area contributed by atoms with Crippen LogP contribution in [0, 0.1) is 0 Å². The Morgan fingerprint density at radius 2 is 1.52 bits per heavy atom. The summed E-state index contributed by atoms with van der Waals surface area (Å²) in [5.41, 5.74) is 2.04. The predicted molar refractivity (Wildman–Crippen MR) is 161 cm³/mol. The zero-order chi connectivity index (χ0) is 31.4. The Morgan fingerprint density at radius 3 is 2.10 bits per heavy atom. The second-order valence-corrected chi connectivity index (χ2v) is 12.8. The first-order valence-corrected chi connectivity index (χ1v) is 14.1. The maximum atomic E-state index is 13.8. The van der Waals surface area contributed by atoms with Crippen LogP contribution in [0.25, 0.3) is 0 Å². The molecule has 0 saturated heterocycles. The van der Waals surface area contributed by atoms with Crippen molar-refractivity contribution in [2.24, 2.45) is 0 Å². The first kappa shape index (κ1) is 32.6. The van der Waals surface area contributed by atoms with Crippen molar-refractivity contribution >= 4 is 29.6 Å². The summed E-state index contributed by atoms with van der Waals surface area (Å²) in [6.45, 7) is 11.4. The van der Waals surface area contributed by atoms with Gasteiger partial charge in [0.25, 0.3) is 0 Å². The summed E-state index contributed by atoms with van der Waals surface area (Å²) >= 11 is 0. The maximum Gasteiger partial charge on any atom is 0.411 e. The van der Waals surface area contributed by atoms with Crippen LogP contribution >= 0.6 is 0 Å². The van der Waals surface area contributed by atoms with E-state index in [9.17, 15) is 19.2 Å². The van der Waals surface area contributed by atoms with E-state index < -0.39 is 29.3 Å². The third-order valence-corrected chi connectivity index (χ3v) is 6.52. The Bertz CT molecular complexity index is 1310. The van der Waals surface area contributed by atoms with E-state index in [4.69, 9.17) is 9.47 Å². The van der Waals surface area contributed by atoms with Gasteiger partial charge in [-0.1, -0.05) is 24.3 Å². The fraction of sp³-hybridized carbons (Fsp3) is 0.500. The molecule has 0 aromatic heterocycles. The van der Waals surface area contributed by atoms with Gasteiger partial charge >= 0.3 is 12.1 Å². The Labute approximate surface area is 248 Å². The van der Waals surface area contributed by atoms with Crippen LogP contribution in [-0.2, 0) is 32.0 Å². The molecule has 0 bridgehead atoms. The van der Waals surface area contributed by atoms with Crippen molar-refractivity contribution in [1.29, 1.82) is 0 Å². The third kappa shape index (κ3) is 8.55. The molecule has 1 aliphatic rings. The van der Waals surface area contributed by atoms with Crippen LogP contribution in [0.4, 0.5) is 10.5 Å². The highest BCUT2D eigenvalue weighted by Gasteiger charge is 2.39. The molecule has 10 nitrogen and oxygen atoms in total. The number of fused-ring (bicyclic) bond motifs is 1. The Kier molecular flexibility index (Phi) is 10.0. The van der Waals surface area contributed by atoms with Gasteiger partial charge in [-0.15, -0.1) is 0 Å². The molecule has 3 amide bonds. The number of esters is 1. The SMILES string of the molecule is CN(C)CC(=O)N(C)c1cccc2c1CCN(C(=O)OC(C)(C)C)C2C(=O)NCc1ccc(C(=O)OC(C)(C)C)cc1. The number of carbonyl (C=O) groups excluding carboxylic acids is 4. The molecule has 1 aliphatic heterocycles. The Morgan fingerprint density at radius 1 is 0.905 bits per heavy atom. The number of hydrogen-bond donors (Lipinski definition) is 1. The molecule has 3 rings (SSSR count). The molecule has 0 fully saturated rings. The van der Waals surface area contributed by atoms with Crippen LogP contribution in [-0.4, -0.2) is 79.1 Å². The number of benzene rings is 2. The van der Waals surface area contributed by atoms with Gasteiger partial charge in [0.1, 0.15) is 17.2 Å². The number of nitrogens with one attached hydrogen (secondary N) is 1. The highest BCUT2D eigenvalue weighted by atomic mass is 16.6. The summed E-state index contributed by atoms with van der Waals surface area (Å²) < 4.78 is 11.1. The number of rotatable bonds is 7. The summed E-state index contributed by atoms with van der Waals surface area (Å²) in [6, 6.07) is 11.3. The van der Waals surface area contributed by atoms with E-state index in [1.165, 1.54) is 4.90 Å². The fourth-order valence-electron chi connectivity index (χ4n) is 4.66. The van der Waals surface area contributed by atoms with E-state index in [-0.39, 0.29) is 31.4 Å². The zero-order valence-corrected chi connectivity index (χ0v) is 26.2. The smallest absolute Gasteiger partial charge is 0.411 e. The molecule has 1 unspecified atom stereocenters. The molecule has 0 saturated carbocycles. The van der Waals surface area contributed by atoms with E-state index >= 15 is 0 Å². The highest BCUT2D eigenvalue weighted by Crippen LogP contribution is 2.36. The number of hydrogen-bond acceptors (Lipinski definition) is 7. The normalized spacial score (nSPS) is 15.1. The fourth-order valence-corrected chi connectivity index (χ4v) is 4.66. The van der Waals surface area contributed by atoms with Crippen molar-refractivity contribution in [3.05, 3.63) is 64.7 Å². The standard InChI is InChI=1S/C32H44N4O6/c1-31(2,3)41-29(39)22-15-13-21(14-16-22)19-33-28(38)27-24-11-10-12-25(35(9)26(37)20-34(7)8)23(24)17-18-36(27)30(40)42-32(4,5)6/h10-16,27H,17-20H2,1-9H3,(H,33,38). The van der Waals surface area contributed by atoms with Gasteiger partial charge in [-0.25, -0.2) is 9.59 Å². The van der Waals surface area contributed by atoms with Crippen molar-refractivity contribution in [3.8, 4) is 0 Å². The molecular formula is C32H44N4O6. The summed E-state index contributed by atoms with van der Waals surface area (Å²) in [4.78, 5) is 57.1. The van der Waals surface area contributed by atoms with E-state index in [0.29, 0.717) is 23.2 Å². The van der Waals surface area contributed by atoms with Gasteiger partial charge in [-0.2, -0.15) is 0 Å². The molecule has 1 heterocycles. The van der Waals surface area contributed by atoms with Crippen LogP contribution < -0.4 is 10.2 Å². The number of amides is 3. The minimum absolute atomic E-state index is 0.0844. The molecule has 0 spiro atoms. The van der Waals surface area contributed by atoms with Crippen molar-refractivity contribution in [2.75, 3.05) is 39.1 Å². The maximum absolute atomic E-state index is 13.8. The lowest BCUT2D eigenvalue weighted by Gasteiger charge is -2.38. The first-order valence-electron chi connectivity index (χ1n) is 14.1. The lowest BCUT2D eigenvalue weighted by atomic mass is 9.90. The van der Waals surface area contributed by atoms with Crippen LogP contribution in [0.2, 0.25) is 0 Å². The molecule has 2 aromatic rings. The first-order chi connectivity index (χ1) is 19.5. The molecule has 0 radical (unpaired) electrons. The lowest BCUT2D eigenvalue weighted by Crippen LogP contribution is -2.49. The van der Waals surface area contributed by atoms with E-state index in [0.717, 1.165) is 11.1 Å². The minimum Gasteiger partial charge on any atom is -0.456 e. The average molecular weight is 581 g/mol. The summed E-state index contributed by atoms with van der Waals surface area (Å²) in [5.74, 6) is -0.883. The molecular weight excluding hydrogens is 536 g/mol. The monoisotopic (exact) mass is 580 g/mol. The molecule has 10 heteroatoms. The lowest BCUT2D eigenvalue weighted by molar-refractivity contribution is -0.127. The van der Waals surface area contributed by atoms with Crippen molar-refractivity contribution in [1.82, 2.24) is 15.1 Å². The number of ether oxygens (including phenoxy) is 2. The molecule has 1 N–H and O–H groups in total. The molecule has 2 aromatic carbocycles. The van der Waals surface area contributed by atoms with Gasteiger partial charge < -0.3 is 24.6 Å². The van der Waals surface area contributed by atoms with Crippen LogP contribution in [0.5, 0.6) is 0 Å². The van der Waals surface area contributed by atoms with Crippen molar-refractivity contribution in [3.63, 3.8) is 0 Å². The third-order valence-electron chi connectivity index (χ3n) is 6.52. The molecule has 1 atom stereocenters. The molecule has 228 valence electrons. The van der Waals surface area contributed by atoms with Crippen molar-refractivity contribution in [2.45, 2.75) is 71.8 Å². The quantitative estimate of drug-likeness (QED) is 0.486. The predicted octanol–water partition coefficient (Wildman–Crippen LogP) is 4.32. The number of anilines is 1. The van der Waals surface area contributed by atoms with Crippen LogP contribution in [0.15, 0.2) is 42.5 Å². The second-order valence-electron chi connectivity index (χ2n) is 12.8. The van der Waals surface area contributed by atoms with Gasteiger partial charge in [0.2, 0.25) is 11.8 Å². The van der Waals surface area contributed by atoms with Gasteiger partial charge in [-0.05, 0) is 96.9 Å². The molecule has 42 heavy (non-hydrogen) atoms. The number of nitrogens with zero attached hydrogens (tertiary/aromatic N) is 3. The average Bonchev–Trinajstić information content (AvgIpc) is 2.88. The zero-order valence-electron chi connectivity index (χ0n) is 26.2. The highest BCUT2D eigenvalue weighted by molar-refractivity contribution is 5.96. The van der Waals surface area contributed by atoms with E-state index in [1.54, 1.807) is 88.7 Å². The second kappa shape index (κ2) is 12.9. The van der Waals surface area contributed by atoms with Gasteiger partial charge in [-0.3, -0.25) is 14.5 Å². The Hall–Kier alpha value is -3.92. The summed E-state index contributed by atoms with van der Waals surface area (Å²) in [5, 5.41) is 2.95. The number of carbonyl (C=O) groups is 4. The summed E-state index contributed by atoms with van der Waals surface area (Å²) in [6.07, 6.45) is -0.127. The van der Waals surface area contributed by atoms with Gasteiger partial charge in [0, 0.05) is 25.8 Å². The Balaban J connectivity index is 1.88. The van der Waals surface area contributed by atoms with Crippen LogP contribution in [0.3, 0.4) is 0 Å². The topological polar surface area (TPSA) is 108 Å². The largest absolute Gasteiger partial charge is 0.456 e. The minimum atomic E-state index is -0.957. The van der Waals surface area contributed by atoms with E-state index in [2.05, 4.69) is 5.32 Å². The van der Waals surface area contributed by atoms with Crippen LogP contribution in [0.1, 0.15) is 74.6 Å². The van der Waals surface area contributed by atoms with E-state index in [1.807, 2.05) is 26.2 Å². The van der Waals surface area contributed by atoms with Crippen molar-refractivity contribution < 1.29 is 28.7 Å².